The van der Waals surface area contributed by atoms with Gasteiger partial charge in [0.2, 0.25) is 0 Å². The first-order chi connectivity index (χ1) is 13.2. The Balaban J connectivity index is 0.000000728. The second-order valence-electron chi connectivity index (χ2n) is 7.00. The second-order valence-corrected chi connectivity index (χ2v) is 7.00. The number of fused-ring (bicyclic) bond motifs is 3. The molecule has 143 valence electrons. The molecule has 2 fully saturated rings. The predicted molar refractivity (Wildman–Crippen MR) is 105 cm³/mol. The molecular formula is C19H23BN5O2Y-. The van der Waals surface area contributed by atoms with E-state index in [1.807, 2.05) is 37.1 Å². The second kappa shape index (κ2) is 9.06. The van der Waals surface area contributed by atoms with Crippen LogP contribution in [0.2, 0.25) is 0 Å². The fourth-order valence-corrected chi connectivity index (χ4v) is 3.92. The van der Waals surface area contributed by atoms with Crippen LogP contribution in [-0.4, -0.2) is 46.3 Å². The monoisotopic (exact) mass is 453 g/mol. The maximum absolute atomic E-state index is 10.0. The molecular weight excluding hydrogens is 430 g/mol. The maximum atomic E-state index is 10.0. The number of aromatic amines is 1. The molecule has 0 bridgehead atoms. The molecule has 0 spiro atoms. The maximum Gasteiger partial charge on any atom is 0.552 e. The van der Waals surface area contributed by atoms with Gasteiger partial charge in [0, 0.05) is 49.9 Å². The SMILES string of the molecule is CC.N#CC1CN([N-]C2CC(C3=CB(O)Oc4cnc5[nH]ccc5c43)C2)C1.[Y]. The van der Waals surface area contributed by atoms with Crippen molar-refractivity contribution in [1.29, 1.82) is 5.26 Å². The van der Waals surface area contributed by atoms with Gasteiger partial charge in [-0.2, -0.15) is 5.26 Å². The van der Waals surface area contributed by atoms with Gasteiger partial charge in [-0.3, -0.25) is 0 Å². The molecule has 0 unspecified atom stereocenters. The minimum absolute atomic E-state index is 0. The topological polar surface area (TPSA) is 99.3 Å². The van der Waals surface area contributed by atoms with E-state index in [9.17, 15) is 5.02 Å². The Morgan fingerprint density at radius 2 is 2.14 bits per heavy atom. The molecule has 0 aromatic carbocycles. The number of aromatic nitrogens is 2. The zero-order valence-electron chi connectivity index (χ0n) is 16.2. The molecule has 0 amide bonds. The largest absolute Gasteiger partial charge is 0.592 e. The van der Waals surface area contributed by atoms with Crippen LogP contribution in [0.3, 0.4) is 0 Å². The molecule has 2 aromatic rings. The molecule has 1 radical (unpaired) electrons. The van der Waals surface area contributed by atoms with Crippen LogP contribution in [0.15, 0.2) is 24.4 Å². The third-order valence-electron chi connectivity index (χ3n) is 5.33. The van der Waals surface area contributed by atoms with E-state index in [-0.39, 0.29) is 38.6 Å². The van der Waals surface area contributed by atoms with Gasteiger partial charge in [0.25, 0.3) is 0 Å². The van der Waals surface area contributed by atoms with E-state index in [0.29, 0.717) is 17.7 Å². The van der Waals surface area contributed by atoms with Crippen molar-refractivity contribution in [3.63, 3.8) is 0 Å². The number of allylic oxidation sites excluding steroid dienone is 1. The van der Waals surface area contributed by atoms with Crippen molar-refractivity contribution in [2.45, 2.75) is 32.7 Å². The Morgan fingerprint density at radius 3 is 2.86 bits per heavy atom. The van der Waals surface area contributed by atoms with Crippen molar-refractivity contribution >= 4 is 23.7 Å². The summed E-state index contributed by atoms with van der Waals surface area (Å²) in [5, 5.41) is 21.9. The van der Waals surface area contributed by atoms with Crippen molar-refractivity contribution in [3.8, 4) is 11.8 Å². The van der Waals surface area contributed by atoms with E-state index >= 15 is 0 Å². The summed E-state index contributed by atoms with van der Waals surface area (Å²) in [7, 11) is -0.927. The number of rotatable bonds is 3. The fraction of sp³-hybridized carbons (Fsp3) is 0.474. The van der Waals surface area contributed by atoms with Gasteiger partial charge in [-0.05, 0) is 36.6 Å². The van der Waals surface area contributed by atoms with E-state index in [4.69, 9.17) is 15.3 Å². The molecule has 2 aliphatic heterocycles. The van der Waals surface area contributed by atoms with Gasteiger partial charge in [0.15, 0.2) is 0 Å². The zero-order valence-corrected chi connectivity index (χ0v) is 19.0. The smallest absolute Gasteiger partial charge is 0.552 e. The number of hydrogen-bond donors (Lipinski definition) is 2. The van der Waals surface area contributed by atoms with E-state index in [2.05, 4.69) is 16.0 Å². The summed E-state index contributed by atoms with van der Waals surface area (Å²) in [6, 6.07) is 4.57. The average molecular weight is 453 g/mol. The van der Waals surface area contributed by atoms with E-state index in [0.717, 1.165) is 48.1 Å². The minimum atomic E-state index is -0.927. The molecule has 2 aromatic heterocycles. The van der Waals surface area contributed by atoms with Crippen LogP contribution in [0.4, 0.5) is 0 Å². The predicted octanol–water partition coefficient (Wildman–Crippen LogP) is 2.90. The van der Waals surface area contributed by atoms with E-state index in [1.54, 1.807) is 6.20 Å². The summed E-state index contributed by atoms with van der Waals surface area (Å²) in [6.07, 6.45) is 5.46. The van der Waals surface area contributed by atoms with Gasteiger partial charge in [0.05, 0.1) is 18.2 Å². The van der Waals surface area contributed by atoms with Gasteiger partial charge in [-0.1, -0.05) is 26.7 Å². The van der Waals surface area contributed by atoms with Gasteiger partial charge >= 0.3 is 7.12 Å². The molecule has 3 aliphatic rings. The van der Waals surface area contributed by atoms with E-state index < -0.39 is 7.12 Å². The first-order valence-corrected chi connectivity index (χ1v) is 9.59. The number of H-pyrrole nitrogens is 1. The summed E-state index contributed by atoms with van der Waals surface area (Å²) in [4.78, 5) is 7.47. The molecule has 1 saturated carbocycles. The van der Waals surface area contributed by atoms with Crippen LogP contribution in [-0.2, 0) is 32.7 Å². The van der Waals surface area contributed by atoms with Crippen molar-refractivity contribution in [1.82, 2.24) is 15.0 Å². The first kappa shape index (κ1) is 21.5. The Labute approximate surface area is 190 Å². The summed E-state index contributed by atoms with van der Waals surface area (Å²) in [6.45, 7) is 5.51. The molecule has 1 aliphatic carbocycles. The van der Waals surface area contributed by atoms with Gasteiger partial charge in [-0.25, -0.2) is 4.98 Å². The summed E-state index contributed by atoms with van der Waals surface area (Å²) in [5.41, 5.74) is 7.69. The molecule has 28 heavy (non-hydrogen) atoms. The summed E-state index contributed by atoms with van der Waals surface area (Å²) in [5.74, 6) is 2.94. The van der Waals surface area contributed by atoms with Crippen LogP contribution in [0, 0.1) is 23.2 Å². The Hall–Kier alpha value is -1.23. The molecule has 2 N–H and O–H groups in total. The molecule has 7 nitrogen and oxygen atoms in total. The number of hydrogen-bond acceptors (Lipinski definition) is 5. The molecule has 0 atom stereocenters. The standard InChI is InChI=1S/C17H17BN5O2.C2H6.Y/c19-6-10-8-23(9-10)22-12-3-11(4-12)14-5-18(24)25-15-7-21-17-13(16(14)15)1-2-20-17;1-2;/h1-2,5,7,10-12,24H,3-4,8-9H2,(H,20,21);1-2H3;/q-1;;. The number of nitrogens with one attached hydrogen (secondary N) is 1. The van der Waals surface area contributed by atoms with Gasteiger partial charge in [0.1, 0.15) is 11.4 Å². The third-order valence-corrected chi connectivity index (χ3v) is 5.33. The van der Waals surface area contributed by atoms with Crippen LogP contribution in [0.1, 0.15) is 32.3 Å². The average Bonchev–Trinajstić information content (AvgIpc) is 3.08. The Bertz CT molecular complexity index is 899. The minimum Gasteiger partial charge on any atom is -0.592 e. The van der Waals surface area contributed by atoms with Crippen LogP contribution in [0.5, 0.6) is 5.75 Å². The summed E-state index contributed by atoms with van der Waals surface area (Å²) >= 11 is 0. The van der Waals surface area contributed by atoms with Gasteiger partial charge in [-0.15, -0.1) is 6.04 Å². The van der Waals surface area contributed by atoms with Crippen LogP contribution in [0.25, 0.3) is 22.0 Å². The fourth-order valence-electron chi connectivity index (χ4n) is 3.92. The summed E-state index contributed by atoms with van der Waals surface area (Å²) < 4.78 is 5.54. The van der Waals surface area contributed by atoms with Crippen LogP contribution < -0.4 is 4.65 Å². The van der Waals surface area contributed by atoms with Crippen molar-refractivity contribution in [3.05, 3.63) is 35.4 Å². The normalized spacial score (nSPS) is 23.6. The van der Waals surface area contributed by atoms with Crippen molar-refractivity contribution in [2.24, 2.45) is 11.8 Å². The molecule has 4 heterocycles. The number of nitrogens with zero attached hydrogens (tertiary/aromatic N) is 4. The van der Waals surface area contributed by atoms with Gasteiger partial charge < -0.3 is 25.1 Å². The van der Waals surface area contributed by atoms with Crippen molar-refractivity contribution < 1.29 is 42.4 Å². The Kier molecular flexibility index (Phi) is 6.95. The first-order valence-electron chi connectivity index (χ1n) is 9.59. The van der Waals surface area contributed by atoms with E-state index in [1.165, 1.54) is 0 Å². The van der Waals surface area contributed by atoms with Crippen molar-refractivity contribution in [2.75, 3.05) is 13.1 Å². The molecule has 1 saturated heterocycles. The Morgan fingerprint density at radius 1 is 1.39 bits per heavy atom. The van der Waals surface area contributed by atoms with Crippen LogP contribution >= 0.6 is 0 Å². The number of pyridine rings is 1. The zero-order chi connectivity index (χ0) is 19.0. The molecule has 5 rings (SSSR count). The third kappa shape index (κ3) is 3.92. The molecule has 9 heteroatoms. The quantitative estimate of drug-likeness (QED) is 0.697. The number of nitriles is 1.